The molecule has 0 fully saturated rings. The average Bonchev–Trinajstić information content (AvgIpc) is 2.85. The molecule has 0 amide bonds. The highest BCUT2D eigenvalue weighted by atomic mass is 127. The monoisotopic (exact) mass is 362 g/mol. The van der Waals surface area contributed by atoms with E-state index in [1.807, 2.05) is 28.0 Å². The first-order valence-corrected chi connectivity index (χ1v) is 7.07. The maximum Gasteiger partial charge on any atom is 0.266 e. The molecule has 2 heterocycles. The molecule has 0 radical (unpaired) electrons. The highest BCUT2D eigenvalue weighted by molar-refractivity contribution is 14.1. The third kappa shape index (κ3) is 2.83. The summed E-state index contributed by atoms with van der Waals surface area (Å²) in [5.74, 6) is 0.608. The molecule has 2 aromatic rings. The lowest BCUT2D eigenvalue weighted by atomic mass is 10.2. The molecule has 17 heavy (non-hydrogen) atoms. The van der Waals surface area contributed by atoms with Gasteiger partial charge >= 0.3 is 0 Å². The maximum atomic E-state index is 11.4. The van der Waals surface area contributed by atoms with Crippen molar-refractivity contribution in [1.29, 1.82) is 0 Å². The highest BCUT2D eigenvalue weighted by Crippen LogP contribution is 2.24. The van der Waals surface area contributed by atoms with Crippen molar-refractivity contribution in [2.45, 2.75) is 19.4 Å². The normalized spacial score (nSPS) is 12.4. The van der Waals surface area contributed by atoms with E-state index in [1.165, 1.54) is 6.33 Å². The number of hydrogen-bond donors (Lipinski definition) is 2. The van der Waals surface area contributed by atoms with Gasteiger partial charge in [0.05, 0.1) is 12.4 Å². The van der Waals surface area contributed by atoms with E-state index in [9.17, 15) is 4.79 Å². The molecule has 7 heteroatoms. The van der Waals surface area contributed by atoms with Crippen LogP contribution >= 0.6 is 33.9 Å². The van der Waals surface area contributed by atoms with Crippen LogP contribution in [0.25, 0.3) is 0 Å². The Labute approximate surface area is 116 Å². The predicted octanol–water partition coefficient (Wildman–Crippen LogP) is 2.39. The van der Waals surface area contributed by atoms with Gasteiger partial charge in [-0.25, -0.2) is 9.97 Å². The second-order valence-electron chi connectivity index (χ2n) is 3.37. The Morgan fingerprint density at radius 3 is 3.06 bits per heavy atom. The van der Waals surface area contributed by atoms with Crippen LogP contribution < -0.4 is 10.9 Å². The van der Waals surface area contributed by atoms with Crippen LogP contribution in [0.4, 0.5) is 5.82 Å². The number of nitrogens with one attached hydrogen (secondary N) is 2. The molecule has 0 aliphatic rings. The summed E-state index contributed by atoms with van der Waals surface area (Å²) in [6.45, 7) is 2.07. The fourth-order valence-corrected chi connectivity index (χ4v) is 2.62. The number of hydrogen-bond acceptors (Lipinski definition) is 5. The topological polar surface area (TPSA) is 70.7 Å². The van der Waals surface area contributed by atoms with Gasteiger partial charge in [-0.3, -0.25) is 4.79 Å². The molecule has 0 aromatic carbocycles. The molecular formula is C10H11IN4OS. The lowest BCUT2D eigenvalue weighted by molar-refractivity contribution is 0.735. The molecule has 2 N–H and O–H groups in total. The molecular weight excluding hydrogens is 351 g/mol. The van der Waals surface area contributed by atoms with Gasteiger partial charge in [-0.2, -0.15) is 0 Å². The lowest BCUT2D eigenvalue weighted by Crippen LogP contribution is -2.17. The van der Waals surface area contributed by atoms with E-state index in [4.69, 9.17) is 0 Å². The van der Waals surface area contributed by atoms with E-state index < -0.39 is 0 Å². The Morgan fingerprint density at radius 1 is 1.59 bits per heavy atom. The molecule has 1 unspecified atom stereocenters. The first-order valence-electron chi connectivity index (χ1n) is 5.11. The Hall–Kier alpha value is -0.960. The Balaban J connectivity index is 2.25. The molecule has 90 valence electrons. The van der Waals surface area contributed by atoms with Crippen molar-refractivity contribution >= 4 is 39.7 Å². The van der Waals surface area contributed by atoms with Gasteiger partial charge in [0.15, 0.2) is 0 Å². The number of nitrogens with zero attached hydrogens (tertiary/aromatic N) is 2. The van der Waals surface area contributed by atoms with Crippen molar-refractivity contribution in [2.24, 2.45) is 0 Å². The van der Waals surface area contributed by atoms with Gasteiger partial charge in [-0.1, -0.05) is 6.92 Å². The summed E-state index contributed by atoms with van der Waals surface area (Å²) in [7, 11) is 0. The van der Waals surface area contributed by atoms with Crippen molar-refractivity contribution in [3.05, 3.63) is 36.8 Å². The second-order valence-corrected chi connectivity index (χ2v) is 5.37. The SMILES string of the molecule is CCC(Nc1nc[nH]c(=O)c1I)c1nccs1. The number of H-pyrrole nitrogens is 1. The zero-order valence-corrected chi connectivity index (χ0v) is 12.1. The Morgan fingerprint density at radius 2 is 2.41 bits per heavy atom. The van der Waals surface area contributed by atoms with Gasteiger partial charge in [0, 0.05) is 11.6 Å². The van der Waals surface area contributed by atoms with E-state index >= 15 is 0 Å². The minimum atomic E-state index is -0.128. The van der Waals surface area contributed by atoms with Crippen molar-refractivity contribution in [3.8, 4) is 0 Å². The van der Waals surface area contributed by atoms with Crippen LogP contribution in [-0.4, -0.2) is 15.0 Å². The summed E-state index contributed by atoms with van der Waals surface area (Å²) in [6.07, 6.45) is 4.07. The summed E-state index contributed by atoms with van der Waals surface area (Å²) in [4.78, 5) is 22.4. The molecule has 1 atom stereocenters. The predicted molar refractivity (Wildman–Crippen MR) is 76.3 cm³/mol. The highest BCUT2D eigenvalue weighted by Gasteiger charge is 2.14. The molecule has 0 spiro atoms. The second kappa shape index (κ2) is 5.58. The fraction of sp³-hybridized carbons (Fsp3) is 0.300. The van der Waals surface area contributed by atoms with Crippen LogP contribution in [-0.2, 0) is 0 Å². The van der Waals surface area contributed by atoms with Crippen molar-refractivity contribution in [1.82, 2.24) is 15.0 Å². The number of thiazole rings is 1. The van der Waals surface area contributed by atoms with E-state index in [0.29, 0.717) is 9.39 Å². The molecule has 2 aromatic heterocycles. The molecule has 0 bridgehead atoms. The van der Waals surface area contributed by atoms with Gasteiger partial charge in [-0.05, 0) is 29.0 Å². The number of aromatic nitrogens is 3. The molecule has 5 nitrogen and oxygen atoms in total. The fourth-order valence-electron chi connectivity index (χ4n) is 1.39. The molecule has 0 aliphatic heterocycles. The average molecular weight is 362 g/mol. The summed E-state index contributed by atoms with van der Waals surface area (Å²) in [6, 6.07) is 0.0952. The summed E-state index contributed by atoms with van der Waals surface area (Å²) in [5, 5.41) is 6.19. The zero-order chi connectivity index (χ0) is 12.3. The zero-order valence-electron chi connectivity index (χ0n) is 9.11. The van der Waals surface area contributed by atoms with Gasteiger partial charge in [0.25, 0.3) is 5.56 Å². The van der Waals surface area contributed by atoms with Gasteiger partial charge in [0.1, 0.15) is 14.4 Å². The number of rotatable bonds is 4. The van der Waals surface area contributed by atoms with Crippen LogP contribution in [0.3, 0.4) is 0 Å². The minimum absolute atomic E-state index is 0.0952. The summed E-state index contributed by atoms with van der Waals surface area (Å²) in [5.41, 5.74) is -0.128. The van der Waals surface area contributed by atoms with Gasteiger partial charge in [0.2, 0.25) is 0 Å². The quantitative estimate of drug-likeness (QED) is 0.820. The van der Waals surface area contributed by atoms with Crippen molar-refractivity contribution in [2.75, 3.05) is 5.32 Å². The number of aromatic amines is 1. The summed E-state index contributed by atoms with van der Waals surface area (Å²) < 4.78 is 0.570. The van der Waals surface area contributed by atoms with Gasteiger partial charge in [-0.15, -0.1) is 11.3 Å². The van der Waals surface area contributed by atoms with Crippen LogP contribution in [0.15, 0.2) is 22.7 Å². The van der Waals surface area contributed by atoms with E-state index in [0.717, 1.165) is 11.4 Å². The van der Waals surface area contributed by atoms with Crippen molar-refractivity contribution < 1.29 is 0 Å². The third-order valence-electron chi connectivity index (χ3n) is 2.27. The van der Waals surface area contributed by atoms with Gasteiger partial charge < -0.3 is 10.3 Å². The van der Waals surface area contributed by atoms with E-state index in [-0.39, 0.29) is 11.6 Å². The first kappa shape index (κ1) is 12.5. The standard InChI is InChI=1S/C10H11IN4OS/c1-2-6(10-12-3-4-17-10)15-8-7(11)9(16)14-5-13-8/h3-6H,2H2,1H3,(H2,13,14,15,16). The molecule has 0 saturated heterocycles. The Kier molecular flexibility index (Phi) is 4.11. The first-order chi connectivity index (χ1) is 8.22. The smallest absolute Gasteiger partial charge is 0.266 e. The largest absolute Gasteiger partial charge is 0.360 e. The van der Waals surface area contributed by atoms with E-state index in [2.05, 4.69) is 27.2 Å². The van der Waals surface area contributed by atoms with E-state index in [1.54, 1.807) is 17.5 Å². The number of anilines is 1. The van der Waals surface area contributed by atoms with Crippen LogP contribution in [0.1, 0.15) is 24.4 Å². The van der Waals surface area contributed by atoms with Crippen LogP contribution in [0, 0.1) is 3.57 Å². The van der Waals surface area contributed by atoms with Crippen molar-refractivity contribution in [3.63, 3.8) is 0 Å². The lowest BCUT2D eigenvalue weighted by Gasteiger charge is -2.15. The minimum Gasteiger partial charge on any atom is -0.360 e. The van der Waals surface area contributed by atoms with Crippen LogP contribution in [0.5, 0.6) is 0 Å². The number of halogens is 1. The Bertz CT molecular complexity index is 539. The molecule has 0 aliphatic carbocycles. The molecule has 0 saturated carbocycles. The summed E-state index contributed by atoms with van der Waals surface area (Å²) >= 11 is 3.58. The van der Waals surface area contributed by atoms with Crippen LogP contribution in [0.2, 0.25) is 0 Å². The molecule has 2 rings (SSSR count). The third-order valence-corrected chi connectivity index (χ3v) is 4.16. The maximum absolute atomic E-state index is 11.4.